The number of carbonyl (C=O) groups excluding carboxylic acids is 2. The molecule has 0 aliphatic rings. The number of esters is 2. The highest BCUT2D eigenvalue weighted by Crippen LogP contribution is 2.43. The van der Waals surface area contributed by atoms with Gasteiger partial charge in [0, 0.05) is 19.4 Å². The number of phosphoric acid groups is 1. The smallest absolute Gasteiger partial charge is 0.462 e. The Morgan fingerprint density at radius 1 is 0.408 bits per heavy atom. The fourth-order valence-electron chi connectivity index (χ4n) is 9.52. The third-order valence-electron chi connectivity index (χ3n) is 14.2. The van der Waals surface area contributed by atoms with Gasteiger partial charge in [-0.1, -0.05) is 296 Å². The van der Waals surface area contributed by atoms with Crippen molar-refractivity contribution in [3.8, 4) is 0 Å². The maximum atomic E-state index is 12.7. The van der Waals surface area contributed by atoms with Crippen LogP contribution in [0.2, 0.25) is 0 Å². The van der Waals surface area contributed by atoms with Crippen LogP contribution in [0.4, 0.5) is 0 Å². The lowest BCUT2D eigenvalue weighted by molar-refractivity contribution is -0.161. The van der Waals surface area contributed by atoms with Crippen molar-refractivity contribution >= 4 is 19.8 Å². The summed E-state index contributed by atoms with van der Waals surface area (Å²) in [4.78, 5) is 35.2. The van der Waals surface area contributed by atoms with Crippen molar-refractivity contribution in [3.63, 3.8) is 0 Å². The quantitative estimate of drug-likeness (QED) is 0.0264. The number of unbranched alkanes of at least 4 members (excludes halogenated alkanes) is 45. The lowest BCUT2D eigenvalue weighted by Gasteiger charge is -2.19. The summed E-state index contributed by atoms with van der Waals surface area (Å²) in [7, 11) is -4.38. The molecular formula is C61H120NO8P. The van der Waals surface area contributed by atoms with Crippen LogP contribution in [0.5, 0.6) is 0 Å². The normalized spacial score (nSPS) is 13.0. The Kier molecular flexibility index (Phi) is 57.0. The molecule has 2 atom stereocenters. The minimum atomic E-state index is -4.38. The molecule has 0 rings (SSSR count). The molecule has 0 amide bonds. The molecule has 0 aliphatic carbocycles. The zero-order valence-electron chi connectivity index (χ0n) is 47.2. The number of hydrogen-bond donors (Lipinski definition) is 2. The van der Waals surface area contributed by atoms with Crippen molar-refractivity contribution in [2.24, 2.45) is 5.73 Å². The van der Waals surface area contributed by atoms with Crippen molar-refractivity contribution in [1.82, 2.24) is 0 Å². The van der Waals surface area contributed by atoms with Crippen LogP contribution in [0, 0.1) is 0 Å². The Hall–Kier alpha value is -1.25. The maximum absolute atomic E-state index is 12.7. The topological polar surface area (TPSA) is 134 Å². The fraction of sp³-hybridized carbons (Fsp3) is 0.934. The molecule has 0 fully saturated rings. The zero-order chi connectivity index (χ0) is 51.7. The van der Waals surface area contributed by atoms with Gasteiger partial charge in [0.25, 0.3) is 0 Å². The Balaban J connectivity index is 3.83. The summed E-state index contributed by atoms with van der Waals surface area (Å²) < 4.78 is 33.1. The summed E-state index contributed by atoms with van der Waals surface area (Å²) >= 11 is 0. The van der Waals surface area contributed by atoms with E-state index in [2.05, 4.69) is 26.0 Å². The van der Waals surface area contributed by atoms with Crippen molar-refractivity contribution in [1.29, 1.82) is 0 Å². The first-order chi connectivity index (χ1) is 34.8. The predicted molar refractivity (Wildman–Crippen MR) is 303 cm³/mol. The highest BCUT2D eigenvalue weighted by Gasteiger charge is 2.26. The molecule has 2 unspecified atom stereocenters. The summed E-state index contributed by atoms with van der Waals surface area (Å²) in [6.07, 6.45) is 67.2. The Morgan fingerprint density at radius 3 is 1.00 bits per heavy atom. The molecule has 71 heavy (non-hydrogen) atoms. The summed E-state index contributed by atoms with van der Waals surface area (Å²) in [5.41, 5.74) is 5.39. The van der Waals surface area contributed by atoms with Crippen LogP contribution in [0.1, 0.15) is 335 Å². The van der Waals surface area contributed by atoms with Gasteiger partial charge in [-0.05, 0) is 38.5 Å². The molecule has 0 aromatic heterocycles. The van der Waals surface area contributed by atoms with E-state index in [0.717, 1.165) is 38.5 Å². The molecule has 0 saturated carbocycles. The maximum Gasteiger partial charge on any atom is 0.472 e. The van der Waals surface area contributed by atoms with Gasteiger partial charge in [-0.3, -0.25) is 18.6 Å². The van der Waals surface area contributed by atoms with Gasteiger partial charge in [0.15, 0.2) is 6.10 Å². The average Bonchev–Trinajstić information content (AvgIpc) is 3.36. The number of rotatable bonds is 60. The van der Waals surface area contributed by atoms with Gasteiger partial charge >= 0.3 is 19.8 Å². The van der Waals surface area contributed by atoms with E-state index in [9.17, 15) is 19.0 Å². The SMILES string of the molecule is CCCCCCCC/C=C\CCCCCCCCCCCC(=O)OC(COC(=O)CCCCCCCCCCCCCCCCCCCCCCCCCCCCCCCCC)COP(=O)(O)OCCN. The van der Waals surface area contributed by atoms with Crippen LogP contribution in [0.15, 0.2) is 12.2 Å². The molecular weight excluding hydrogens is 906 g/mol. The largest absolute Gasteiger partial charge is 0.472 e. The first kappa shape index (κ1) is 69.8. The van der Waals surface area contributed by atoms with E-state index in [1.165, 1.54) is 263 Å². The molecule has 10 heteroatoms. The Bertz CT molecular complexity index is 1170. The van der Waals surface area contributed by atoms with Gasteiger partial charge in [-0.2, -0.15) is 0 Å². The summed E-state index contributed by atoms with van der Waals surface area (Å²) in [5, 5.41) is 0. The molecule has 0 aliphatic heterocycles. The molecule has 0 heterocycles. The van der Waals surface area contributed by atoms with E-state index in [0.29, 0.717) is 6.42 Å². The molecule has 0 bridgehead atoms. The van der Waals surface area contributed by atoms with Gasteiger partial charge in [0.1, 0.15) is 6.61 Å². The van der Waals surface area contributed by atoms with Crippen LogP contribution >= 0.6 is 7.82 Å². The van der Waals surface area contributed by atoms with Crippen molar-refractivity contribution in [2.75, 3.05) is 26.4 Å². The number of carbonyl (C=O) groups is 2. The van der Waals surface area contributed by atoms with Gasteiger partial charge in [-0.25, -0.2) is 4.57 Å². The molecule has 0 aromatic carbocycles. The van der Waals surface area contributed by atoms with Crippen molar-refractivity contribution in [3.05, 3.63) is 12.2 Å². The Morgan fingerprint density at radius 2 is 0.690 bits per heavy atom. The molecule has 422 valence electrons. The summed E-state index contributed by atoms with van der Waals surface area (Å²) in [6, 6.07) is 0. The first-order valence-corrected chi connectivity index (χ1v) is 32.7. The standard InChI is InChI=1S/C61H120NO8P/c1-3-5-7-9-11-13-15-17-19-21-23-24-25-26-27-28-29-30-31-32-33-34-36-37-39-41-43-45-47-49-51-53-60(63)67-57-59(58-69-71(65,66)68-56-55-62)70-61(64)54-52-50-48-46-44-42-40-38-35-22-20-18-16-14-12-10-8-6-4-2/h18,20,59H,3-17,19,21-58,62H2,1-2H3,(H,65,66)/b20-18-. The van der Waals surface area contributed by atoms with E-state index in [-0.39, 0.29) is 38.6 Å². The van der Waals surface area contributed by atoms with Gasteiger partial charge in [0.2, 0.25) is 0 Å². The number of ether oxygens (including phenoxy) is 2. The number of allylic oxidation sites excluding steroid dienone is 2. The van der Waals surface area contributed by atoms with E-state index in [4.69, 9.17) is 24.3 Å². The second-order valence-electron chi connectivity index (χ2n) is 21.3. The van der Waals surface area contributed by atoms with E-state index >= 15 is 0 Å². The van der Waals surface area contributed by atoms with E-state index in [1.807, 2.05) is 0 Å². The summed E-state index contributed by atoms with van der Waals surface area (Å²) in [5.74, 6) is -0.809. The molecule has 0 radical (unpaired) electrons. The molecule has 3 N–H and O–H groups in total. The van der Waals surface area contributed by atoms with Crippen LogP contribution in [-0.2, 0) is 32.7 Å². The predicted octanol–water partition coefficient (Wildman–Crippen LogP) is 19.6. The highest BCUT2D eigenvalue weighted by atomic mass is 31.2. The highest BCUT2D eigenvalue weighted by molar-refractivity contribution is 7.47. The third kappa shape index (κ3) is 57.9. The average molecular weight is 1030 g/mol. The van der Waals surface area contributed by atoms with Crippen LogP contribution < -0.4 is 5.73 Å². The van der Waals surface area contributed by atoms with Gasteiger partial charge in [0.05, 0.1) is 13.2 Å². The molecule has 0 spiro atoms. The van der Waals surface area contributed by atoms with Crippen molar-refractivity contribution < 1.29 is 37.6 Å². The van der Waals surface area contributed by atoms with E-state index < -0.39 is 26.5 Å². The van der Waals surface area contributed by atoms with Crippen LogP contribution in [-0.4, -0.2) is 49.3 Å². The van der Waals surface area contributed by atoms with Crippen LogP contribution in [0.3, 0.4) is 0 Å². The van der Waals surface area contributed by atoms with Gasteiger partial charge in [-0.15, -0.1) is 0 Å². The first-order valence-electron chi connectivity index (χ1n) is 31.2. The number of nitrogens with two attached hydrogens (primary N) is 1. The van der Waals surface area contributed by atoms with Crippen LogP contribution in [0.25, 0.3) is 0 Å². The fourth-order valence-corrected chi connectivity index (χ4v) is 10.3. The molecule has 0 aromatic rings. The Labute approximate surface area is 440 Å². The third-order valence-corrected chi connectivity index (χ3v) is 15.1. The van der Waals surface area contributed by atoms with Gasteiger partial charge < -0.3 is 20.1 Å². The monoisotopic (exact) mass is 1030 g/mol. The molecule has 0 saturated heterocycles. The summed E-state index contributed by atoms with van der Waals surface area (Å²) in [6.45, 7) is 3.81. The lowest BCUT2D eigenvalue weighted by Crippen LogP contribution is -2.29. The minimum absolute atomic E-state index is 0.0565. The second-order valence-corrected chi connectivity index (χ2v) is 22.7. The van der Waals surface area contributed by atoms with Crippen molar-refractivity contribution in [2.45, 2.75) is 341 Å². The number of hydrogen-bond acceptors (Lipinski definition) is 8. The van der Waals surface area contributed by atoms with E-state index in [1.54, 1.807) is 0 Å². The minimum Gasteiger partial charge on any atom is -0.462 e. The second kappa shape index (κ2) is 58.0. The zero-order valence-corrected chi connectivity index (χ0v) is 48.1. The number of phosphoric ester groups is 1. The lowest BCUT2D eigenvalue weighted by atomic mass is 10.0. The molecule has 9 nitrogen and oxygen atoms in total.